The summed E-state index contributed by atoms with van der Waals surface area (Å²) in [6.45, 7) is 1.31. The molecule has 1 aromatic heterocycles. The zero-order valence-corrected chi connectivity index (χ0v) is 17.7. The second-order valence-corrected chi connectivity index (χ2v) is 6.39. The normalized spacial score (nSPS) is 10.7. The molecule has 0 amide bonds. The summed E-state index contributed by atoms with van der Waals surface area (Å²) in [5, 5.41) is 22.3. The Morgan fingerprint density at radius 1 is 1.15 bits per heavy atom. The van der Waals surface area contributed by atoms with Gasteiger partial charge in [0.2, 0.25) is 5.69 Å². The maximum atomic E-state index is 12.5. The van der Waals surface area contributed by atoms with Gasteiger partial charge in [-0.15, -0.1) is 5.10 Å². The molecule has 0 aliphatic rings. The van der Waals surface area contributed by atoms with Gasteiger partial charge in [-0.1, -0.05) is 4.79 Å². The zero-order valence-electron chi connectivity index (χ0n) is 17.7. The molecule has 0 fully saturated rings. The number of hydrogen-bond donors (Lipinski definition) is 0. The van der Waals surface area contributed by atoms with Crippen molar-refractivity contribution in [1.29, 1.82) is 0 Å². The first-order valence-corrected chi connectivity index (χ1v) is 9.64. The summed E-state index contributed by atoms with van der Waals surface area (Å²) in [6, 6.07) is 12.0. The number of rotatable bonds is 10. The number of benzene rings is 2. The molecule has 0 N–H and O–H groups in total. The zero-order chi connectivity index (χ0) is 23.8. The molecule has 0 atom stereocenters. The lowest BCUT2D eigenvalue weighted by molar-refractivity contribution is -0.384. The summed E-state index contributed by atoms with van der Waals surface area (Å²) >= 11 is 0. The fourth-order valence-electron chi connectivity index (χ4n) is 2.59. The maximum absolute atomic E-state index is 12.5. The van der Waals surface area contributed by atoms with Crippen LogP contribution in [0.3, 0.4) is 0 Å². The number of nitrogens with zero attached hydrogens (tertiary/aromatic N) is 5. The van der Waals surface area contributed by atoms with Gasteiger partial charge in [-0.05, 0) is 54.1 Å². The molecular weight excluding hydrogens is 434 g/mol. The number of ether oxygens (including phenoxy) is 3. The molecule has 3 aromatic rings. The molecule has 0 unspecified atom stereocenters. The lowest BCUT2D eigenvalue weighted by Gasteiger charge is -2.07. The maximum Gasteiger partial charge on any atom is 0.364 e. The summed E-state index contributed by atoms with van der Waals surface area (Å²) in [7, 11) is 1.52. The summed E-state index contributed by atoms with van der Waals surface area (Å²) in [6.07, 6.45) is 1.34. The van der Waals surface area contributed by atoms with E-state index in [0.717, 1.165) is 4.79 Å². The minimum absolute atomic E-state index is 0.0708. The Bertz CT molecular complexity index is 1170. The van der Waals surface area contributed by atoms with Gasteiger partial charge in [0.1, 0.15) is 5.75 Å². The van der Waals surface area contributed by atoms with Crippen LogP contribution < -0.4 is 9.47 Å². The van der Waals surface area contributed by atoms with Crippen molar-refractivity contribution in [3.05, 3.63) is 75.5 Å². The summed E-state index contributed by atoms with van der Waals surface area (Å²) in [4.78, 5) is 35.9. The Hall–Kier alpha value is -4.61. The van der Waals surface area contributed by atoms with Crippen LogP contribution in [0.25, 0.3) is 0 Å². The van der Waals surface area contributed by atoms with Crippen molar-refractivity contribution in [2.24, 2.45) is 5.10 Å². The standard InChI is InChI=1S/C21H19N5O7/c1-3-32-21(28)19-20(33-13-18(27)15-6-10-17(31-2)11-7-15)25(24-23-19)22-12-14-4-8-16(9-5-14)26(29)30/h4-12H,3,13H2,1-2H3/b22-12+. The van der Waals surface area contributed by atoms with Gasteiger partial charge in [-0.25, -0.2) is 4.79 Å². The van der Waals surface area contributed by atoms with E-state index in [1.54, 1.807) is 31.2 Å². The van der Waals surface area contributed by atoms with Crippen molar-refractivity contribution in [3.63, 3.8) is 0 Å². The molecule has 0 aliphatic carbocycles. The van der Waals surface area contributed by atoms with Gasteiger partial charge in [0.15, 0.2) is 12.4 Å². The minimum atomic E-state index is -0.791. The summed E-state index contributed by atoms with van der Waals surface area (Å²) < 4.78 is 15.6. The highest BCUT2D eigenvalue weighted by Crippen LogP contribution is 2.19. The van der Waals surface area contributed by atoms with Crippen molar-refractivity contribution in [1.82, 2.24) is 15.1 Å². The number of nitro benzene ring substituents is 1. The number of ketones is 1. The van der Waals surface area contributed by atoms with Crippen LogP contribution in [0.1, 0.15) is 33.3 Å². The molecular formula is C21H19N5O7. The monoisotopic (exact) mass is 453 g/mol. The van der Waals surface area contributed by atoms with Gasteiger partial charge in [0.25, 0.3) is 11.6 Å². The van der Waals surface area contributed by atoms with Crippen molar-refractivity contribution >= 4 is 23.7 Å². The van der Waals surface area contributed by atoms with Gasteiger partial charge >= 0.3 is 5.97 Å². The molecule has 0 radical (unpaired) electrons. The van der Waals surface area contributed by atoms with E-state index in [0.29, 0.717) is 16.9 Å². The van der Waals surface area contributed by atoms with E-state index < -0.39 is 17.5 Å². The number of hydrogen-bond acceptors (Lipinski definition) is 10. The van der Waals surface area contributed by atoms with E-state index in [1.165, 1.54) is 37.6 Å². The first-order valence-electron chi connectivity index (χ1n) is 9.64. The third kappa shape index (κ3) is 5.76. The quantitative estimate of drug-likeness (QED) is 0.148. The first-order chi connectivity index (χ1) is 15.9. The molecule has 0 saturated heterocycles. The number of aromatic nitrogens is 3. The predicted octanol–water partition coefficient (Wildman–Crippen LogP) is 2.52. The van der Waals surface area contributed by atoms with Crippen molar-refractivity contribution < 1.29 is 28.7 Å². The van der Waals surface area contributed by atoms with Crippen LogP contribution in [0.5, 0.6) is 11.6 Å². The number of Topliss-reactive ketones (excluding diaryl/α,β-unsaturated/α-hetero) is 1. The highest BCUT2D eigenvalue weighted by Gasteiger charge is 2.24. The Morgan fingerprint density at radius 2 is 1.85 bits per heavy atom. The molecule has 0 aliphatic heterocycles. The van der Waals surface area contributed by atoms with Crippen LogP contribution in [-0.4, -0.2) is 58.3 Å². The SMILES string of the molecule is CCOC(=O)c1nnn(/N=C/c2ccc([N+](=O)[O-])cc2)c1OCC(=O)c1ccc(OC)cc1. The van der Waals surface area contributed by atoms with Crippen LogP contribution in [0.2, 0.25) is 0 Å². The van der Waals surface area contributed by atoms with Gasteiger partial charge < -0.3 is 14.2 Å². The van der Waals surface area contributed by atoms with E-state index >= 15 is 0 Å². The molecule has 12 nitrogen and oxygen atoms in total. The molecule has 33 heavy (non-hydrogen) atoms. The second-order valence-electron chi connectivity index (χ2n) is 6.39. The third-order valence-electron chi connectivity index (χ3n) is 4.25. The van der Waals surface area contributed by atoms with Gasteiger partial charge in [-0.2, -0.15) is 5.10 Å². The number of methoxy groups -OCH3 is 1. The number of carbonyl (C=O) groups excluding carboxylic acids is 2. The Balaban J connectivity index is 1.81. The third-order valence-corrected chi connectivity index (χ3v) is 4.25. The van der Waals surface area contributed by atoms with Gasteiger partial charge in [0, 0.05) is 17.7 Å². The molecule has 3 rings (SSSR count). The molecule has 0 bridgehead atoms. The largest absolute Gasteiger partial charge is 0.497 e. The Kier molecular flexibility index (Phi) is 7.42. The van der Waals surface area contributed by atoms with E-state index in [1.807, 2.05) is 0 Å². The lowest BCUT2D eigenvalue weighted by atomic mass is 10.1. The highest BCUT2D eigenvalue weighted by molar-refractivity contribution is 5.97. The van der Waals surface area contributed by atoms with Crippen molar-refractivity contribution in [2.75, 3.05) is 20.3 Å². The molecule has 2 aromatic carbocycles. The Labute approximate surface area is 187 Å². The summed E-state index contributed by atoms with van der Waals surface area (Å²) in [5.41, 5.74) is 0.578. The fourth-order valence-corrected chi connectivity index (χ4v) is 2.59. The number of esters is 1. The number of nitro groups is 1. The highest BCUT2D eigenvalue weighted by atomic mass is 16.6. The minimum Gasteiger partial charge on any atom is -0.497 e. The van der Waals surface area contributed by atoms with Gasteiger partial charge in [0.05, 0.1) is 24.9 Å². The van der Waals surface area contributed by atoms with Crippen molar-refractivity contribution in [2.45, 2.75) is 6.92 Å². The molecule has 12 heteroatoms. The summed E-state index contributed by atoms with van der Waals surface area (Å²) in [5.74, 6) is -0.742. The van der Waals surface area contributed by atoms with Crippen LogP contribution in [0.4, 0.5) is 5.69 Å². The molecule has 170 valence electrons. The van der Waals surface area contributed by atoms with E-state index in [9.17, 15) is 19.7 Å². The average Bonchev–Trinajstić information content (AvgIpc) is 3.24. The van der Waals surface area contributed by atoms with E-state index in [-0.39, 0.29) is 29.7 Å². The van der Waals surface area contributed by atoms with Crippen LogP contribution >= 0.6 is 0 Å². The molecule has 0 saturated carbocycles. The van der Waals surface area contributed by atoms with E-state index in [4.69, 9.17) is 14.2 Å². The Morgan fingerprint density at radius 3 is 2.45 bits per heavy atom. The second kappa shape index (κ2) is 10.6. The average molecular weight is 453 g/mol. The first kappa shape index (κ1) is 23.1. The van der Waals surface area contributed by atoms with Crippen LogP contribution in [-0.2, 0) is 4.74 Å². The predicted molar refractivity (Wildman–Crippen MR) is 115 cm³/mol. The van der Waals surface area contributed by atoms with Gasteiger partial charge in [-0.3, -0.25) is 14.9 Å². The topological polar surface area (TPSA) is 148 Å². The van der Waals surface area contributed by atoms with Crippen molar-refractivity contribution in [3.8, 4) is 11.6 Å². The van der Waals surface area contributed by atoms with Crippen LogP contribution in [0.15, 0.2) is 53.6 Å². The van der Waals surface area contributed by atoms with E-state index in [2.05, 4.69) is 15.4 Å². The lowest BCUT2D eigenvalue weighted by Crippen LogP contribution is -2.15. The smallest absolute Gasteiger partial charge is 0.364 e. The molecule has 0 spiro atoms. The van der Waals surface area contributed by atoms with Crippen LogP contribution in [0, 0.1) is 10.1 Å². The number of carbonyl (C=O) groups is 2. The number of non-ortho nitro benzene ring substituents is 1. The molecule has 1 heterocycles. The fraction of sp³-hybridized carbons (Fsp3) is 0.190.